The molecule has 0 spiro atoms. The van der Waals surface area contributed by atoms with E-state index >= 15 is 0 Å². The molecular formula is C10H13NO3. The summed E-state index contributed by atoms with van der Waals surface area (Å²) in [6, 6.07) is 3.32. The van der Waals surface area contributed by atoms with Crippen molar-refractivity contribution in [3.63, 3.8) is 0 Å². The lowest BCUT2D eigenvalue weighted by atomic mass is 10.1. The van der Waals surface area contributed by atoms with Crippen molar-refractivity contribution in [2.75, 3.05) is 13.1 Å². The first-order chi connectivity index (χ1) is 6.58. The molecule has 1 atom stereocenters. The number of likely N-dealkylation sites (tertiary alicyclic amines) is 1. The minimum absolute atomic E-state index is 0.146. The average Bonchev–Trinajstić information content (AvgIpc) is 2.72. The van der Waals surface area contributed by atoms with Crippen LogP contribution in [0.5, 0.6) is 0 Å². The molecule has 76 valence electrons. The van der Waals surface area contributed by atoms with Crippen LogP contribution in [-0.4, -0.2) is 34.6 Å². The lowest BCUT2D eigenvalue weighted by Gasteiger charge is -2.17. The van der Waals surface area contributed by atoms with Crippen molar-refractivity contribution >= 4 is 5.91 Å². The molecule has 14 heavy (non-hydrogen) atoms. The standard InChI is InChI=1S/C10H13NO3/c1-10(13)4-5-11(7-10)9(12)8-3-2-6-14-8/h2-3,6,13H,4-5,7H2,1H3. The van der Waals surface area contributed by atoms with Crippen LogP contribution in [-0.2, 0) is 0 Å². The Kier molecular flexibility index (Phi) is 2.07. The van der Waals surface area contributed by atoms with E-state index in [-0.39, 0.29) is 5.91 Å². The summed E-state index contributed by atoms with van der Waals surface area (Å²) >= 11 is 0. The average molecular weight is 195 g/mol. The van der Waals surface area contributed by atoms with Gasteiger partial charge in [0.15, 0.2) is 5.76 Å². The number of furan rings is 1. The molecule has 1 unspecified atom stereocenters. The van der Waals surface area contributed by atoms with Crippen LogP contribution in [0.3, 0.4) is 0 Å². The summed E-state index contributed by atoms with van der Waals surface area (Å²) in [7, 11) is 0. The summed E-state index contributed by atoms with van der Waals surface area (Å²) in [6.45, 7) is 2.71. The number of amides is 1. The Labute approximate surface area is 82.1 Å². The topological polar surface area (TPSA) is 53.7 Å². The van der Waals surface area contributed by atoms with Gasteiger partial charge in [-0.05, 0) is 25.5 Å². The predicted octanol–water partition coefficient (Wildman–Crippen LogP) is 0.877. The molecule has 1 aromatic rings. The summed E-state index contributed by atoms with van der Waals surface area (Å²) in [6.07, 6.45) is 2.10. The number of carbonyl (C=O) groups is 1. The molecule has 2 rings (SSSR count). The van der Waals surface area contributed by atoms with E-state index in [4.69, 9.17) is 4.42 Å². The lowest BCUT2D eigenvalue weighted by molar-refractivity contribution is 0.0555. The Balaban J connectivity index is 2.08. The summed E-state index contributed by atoms with van der Waals surface area (Å²) in [5, 5.41) is 9.69. The minimum atomic E-state index is -0.748. The van der Waals surface area contributed by atoms with Crippen LogP contribution >= 0.6 is 0 Å². The van der Waals surface area contributed by atoms with Crippen LogP contribution in [0.2, 0.25) is 0 Å². The van der Waals surface area contributed by atoms with Crippen LogP contribution in [0, 0.1) is 0 Å². The van der Waals surface area contributed by atoms with Crippen molar-refractivity contribution in [1.29, 1.82) is 0 Å². The van der Waals surface area contributed by atoms with Gasteiger partial charge >= 0.3 is 0 Å². The third-order valence-electron chi connectivity index (χ3n) is 2.47. The quantitative estimate of drug-likeness (QED) is 0.723. The third kappa shape index (κ3) is 1.65. The largest absolute Gasteiger partial charge is 0.459 e. The first kappa shape index (κ1) is 9.27. The molecule has 1 aliphatic heterocycles. The van der Waals surface area contributed by atoms with Gasteiger partial charge < -0.3 is 14.4 Å². The molecule has 4 nitrogen and oxygen atoms in total. The fraction of sp³-hybridized carbons (Fsp3) is 0.500. The van der Waals surface area contributed by atoms with Crippen LogP contribution in [0.1, 0.15) is 23.9 Å². The zero-order valence-electron chi connectivity index (χ0n) is 8.06. The van der Waals surface area contributed by atoms with Gasteiger partial charge in [0.25, 0.3) is 5.91 Å². The second-order valence-electron chi connectivity index (χ2n) is 3.95. The van der Waals surface area contributed by atoms with E-state index in [0.717, 1.165) is 0 Å². The SMILES string of the molecule is CC1(O)CCN(C(=O)c2ccco2)C1. The van der Waals surface area contributed by atoms with Crippen LogP contribution < -0.4 is 0 Å². The highest BCUT2D eigenvalue weighted by molar-refractivity contribution is 5.91. The highest BCUT2D eigenvalue weighted by Gasteiger charge is 2.34. The third-order valence-corrected chi connectivity index (χ3v) is 2.47. The number of carbonyl (C=O) groups excluding carboxylic acids is 1. The van der Waals surface area contributed by atoms with E-state index in [2.05, 4.69) is 0 Å². The van der Waals surface area contributed by atoms with Gasteiger partial charge in [0, 0.05) is 13.1 Å². The first-order valence-electron chi connectivity index (χ1n) is 4.64. The van der Waals surface area contributed by atoms with E-state index < -0.39 is 5.60 Å². The van der Waals surface area contributed by atoms with Crippen molar-refractivity contribution in [3.05, 3.63) is 24.2 Å². The van der Waals surface area contributed by atoms with E-state index in [1.807, 2.05) is 0 Å². The Bertz CT molecular complexity index is 329. The van der Waals surface area contributed by atoms with E-state index in [9.17, 15) is 9.90 Å². The van der Waals surface area contributed by atoms with Gasteiger partial charge in [-0.15, -0.1) is 0 Å². The van der Waals surface area contributed by atoms with Gasteiger partial charge in [-0.25, -0.2) is 0 Å². The second-order valence-corrected chi connectivity index (χ2v) is 3.95. The van der Waals surface area contributed by atoms with Gasteiger partial charge in [0.2, 0.25) is 0 Å². The normalized spacial score (nSPS) is 26.9. The van der Waals surface area contributed by atoms with Crippen LogP contribution in [0.4, 0.5) is 0 Å². The number of hydrogen-bond donors (Lipinski definition) is 1. The zero-order valence-corrected chi connectivity index (χ0v) is 8.06. The molecule has 1 fully saturated rings. The van der Waals surface area contributed by atoms with Crippen molar-refractivity contribution < 1.29 is 14.3 Å². The monoisotopic (exact) mass is 195 g/mol. The van der Waals surface area contributed by atoms with Crippen molar-refractivity contribution in [3.8, 4) is 0 Å². The summed E-state index contributed by atoms with van der Waals surface area (Å²) in [4.78, 5) is 13.3. The molecule has 0 aliphatic carbocycles. The molecule has 0 radical (unpaired) electrons. The number of aliphatic hydroxyl groups is 1. The number of nitrogens with zero attached hydrogens (tertiary/aromatic N) is 1. The maximum Gasteiger partial charge on any atom is 0.289 e. The number of β-amino-alcohol motifs (C(OH)–C–C–N with tert-alkyl or cyclic N) is 1. The Hall–Kier alpha value is -1.29. The van der Waals surface area contributed by atoms with Crippen molar-refractivity contribution in [2.24, 2.45) is 0 Å². The van der Waals surface area contributed by atoms with Gasteiger partial charge in [-0.2, -0.15) is 0 Å². The van der Waals surface area contributed by atoms with E-state index in [0.29, 0.717) is 25.3 Å². The first-order valence-corrected chi connectivity index (χ1v) is 4.64. The molecule has 0 bridgehead atoms. The van der Waals surface area contributed by atoms with E-state index in [1.165, 1.54) is 6.26 Å². The Morgan fingerprint density at radius 3 is 3.00 bits per heavy atom. The maximum atomic E-state index is 11.7. The highest BCUT2D eigenvalue weighted by atomic mass is 16.3. The molecule has 1 amide bonds. The van der Waals surface area contributed by atoms with Gasteiger partial charge in [0.1, 0.15) is 0 Å². The van der Waals surface area contributed by atoms with Gasteiger partial charge in [-0.3, -0.25) is 4.79 Å². The molecule has 0 saturated carbocycles. The molecular weight excluding hydrogens is 182 g/mol. The van der Waals surface area contributed by atoms with E-state index in [1.54, 1.807) is 24.0 Å². The molecule has 1 N–H and O–H groups in total. The van der Waals surface area contributed by atoms with Gasteiger partial charge in [0.05, 0.1) is 11.9 Å². The zero-order chi connectivity index (χ0) is 10.2. The molecule has 2 heterocycles. The minimum Gasteiger partial charge on any atom is -0.459 e. The van der Waals surface area contributed by atoms with Crippen LogP contribution in [0.25, 0.3) is 0 Å². The Morgan fingerprint density at radius 1 is 1.71 bits per heavy atom. The summed E-state index contributed by atoms with van der Waals surface area (Å²) < 4.78 is 5.00. The molecule has 4 heteroatoms. The fourth-order valence-corrected chi connectivity index (χ4v) is 1.67. The number of hydrogen-bond acceptors (Lipinski definition) is 3. The molecule has 1 saturated heterocycles. The fourth-order valence-electron chi connectivity index (χ4n) is 1.67. The van der Waals surface area contributed by atoms with Crippen LogP contribution in [0.15, 0.2) is 22.8 Å². The molecule has 1 aromatic heterocycles. The summed E-state index contributed by atoms with van der Waals surface area (Å²) in [5.74, 6) is 0.190. The maximum absolute atomic E-state index is 11.7. The van der Waals surface area contributed by atoms with Crippen molar-refractivity contribution in [1.82, 2.24) is 4.90 Å². The second kappa shape index (κ2) is 3.13. The molecule has 0 aromatic carbocycles. The highest BCUT2D eigenvalue weighted by Crippen LogP contribution is 2.21. The molecule has 1 aliphatic rings. The van der Waals surface area contributed by atoms with Gasteiger partial charge in [-0.1, -0.05) is 0 Å². The predicted molar refractivity (Wildman–Crippen MR) is 49.9 cm³/mol. The smallest absolute Gasteiger partial charge is 0.289 e. The number of rotatable bonds is 1. The van der Waals surface area contributed by atoms with Crippen molar-refractivity contribution in [2.45, 2.75) is 18.9 Å². The lowest BCUT2D eigenvalue weighted by Crippen LogP contribution is -2.33. The summed E-state index contributed by atoms with van der Waals surface area (Å²) in [5.41, 5.74) is -0.748. The Morgan fingerprint density at radius 2 is 2.50 bits per heavy atom.